The number of nitrogens with zero attached hydrogens (tertiary/aromatic N) is 4. The van der Waals surface area contributed by atoms with E-state index in [-0.39, 0.29) is 11.9 Å². The van der Waals surface area contributed by atoms with Crippen LogP contribution in [-0.2, 0) is 0 Å². The van der Waals surface area contributed by atoms with Gasteiger partial charge >= 0.3 is 0 Å². The van der Waals surface area contributed by atoms with E-state index in [4.69, 9.17) is 0 Å². The number of anilines is 1. The molecule has 1 fully saturated rings. The number of benzene rings is 2. The van der Waals surface area contributed by atoms with E-state index < -0.39 is 0 Å². The van der Waals surface area contributed by atoms with E-state index in [0.717, 1.165) is 61.8 Å². The van der Waals surface area contributed by atoms with E-state index in [2.05, 4.69) is 25.3 Å². The molecule has 1 atom stereocenters. The average Bonchev–Trinajstić information content (AvgIpc) is 2.74. The molecule has 4 rings (SSSR count). The second-order valence-electron chi connectivity index (χ2n) is 7.30. The van der Waals surface area contributed by atoms with Crippen molar-refractivity contribution in [2.24, 2.45) is 5.18 Å². The second-order valence-corrected chi connectivity index (χ2v) is 8.44. The van der Waals surface area contributed by atoms with Crippen LogP contribution in [0.15, 0.2) is 58.6 Å². The Hall–Kier alpha value is -1.96. The van der Waals surface area contributed by atoms with Gasteiger partial charge in [0.15, 0.2) is 0 Å². The van der Waals surface area contributed by atoms with Crippen LogP contribution in [0.25, 0.3) is 0 Å². The van der Waals surface area contributed by atoms with Gasteiger partial charge in [-0.3, -0.25) is 4.90 Å². The maximum Gasteiger partial charge on any atom is 0.132 e. The van der Waals surface area contributed by atoms with Crippen LogP contribution in [0.2, 0.25) is 0 Å². The Morgan fingerprint density at radius 3 is 2.50 bits per heavy atom. The molecule has 28 heavy (non-hydrogen) atoms. The first-order valence-corrected chi connectivity index (χ1v) is 10.6. The summed E-state index contributed by atoms with van der Waals surface area (Å²) in [6.07, 6.45) is 1.07. The minimum atomic E-state index is -0.267. The molecule has 2 aromatic rings. The fourth-order valence-electron chi connectivity index (χ4n) is 3.89. The highest BCUT2D eigenvalue weighted by Gasteiger charge is 2.26. The van der Waals surface area contributed by atoms with Crippen LogP contribution in [0, 0.1) is 10.7 Å². The lowest BCUT2D eigenvalue weighted by atomic mass is 10.1. The van der Waals surface area contributed by atoms with Gasteiger partial charge in [-0.05, 0) is 60.8 Å². The monoisotopic (exact) mass is 400 g/mol. The minimum absolute atomic E-state index is 0.187. The van der Waals surface area contributed by atoms with Crippen LogP contribution in [0.5, 0.6) is 0 Å². The number of nitroso groups, excluding NO2 is 1. The summed E-state index contributed by atoms with van der Waals surface area (Å²) in [5.41, 5.74) is 2.15. The smallest absolute Gasteiger partial charge is 0.132 e. The molecular weight excluding hydrogens is 375 g/mol. The van der Waals surface area contributed by atoms with Gasteiger partial charge in [-0.15, -0.1) is 0 Å². The Morgan fingerprint density at radius 1 is 1.00 bits per heavy atom. The summed E-state index contributed by atoms with van der Waals surface area (Å²) in [6.45, 7) is 6.66. The molecule has 0 spiro atoms. The molecular formula is C21H25FN4OS. The lowest BCUT2D eigenvalue weighted by Gasteiger charge is -2.36. The van der Waals surface area contributed by atoms with Crippen molar-refractivity contribution in [1.82, 2.24) is 9.21 Å². The molecule has 2 aliphatic heterocycles. The Labute approximate surface area is 169 Å². The molecule has 1 unspecified atom stereocenters. The molecule has 2 heterocycles. The summed E-state index contributed by atoms with van der Waals surface area (Å²) in [5.74, 6) is -0.187. The molecule has 7 heteroatoms. The summed E-state index contributed by atoms with van der Waals surface area (Å²) in [6, 6.07) is 14.6. The van der Waals surface area contributed by atoms with Gasteiger partial charge in [0.05, 0.1) is 0 Å². The Kier molecular flexibility index (Phi) is 6.24. The van der Waals surface area contributed by atoms with Crippen LogP contribution in [0.3, 0.4) is 0 Å². The van der Waals surface area contributed by atoms with E-state index in [1.165, 1.54) is 12.1 Å². The summed E-state index contributed by atoms with van der Waals surface area (Å²) in [5, 5.41) is 3.34. The van der Waals surface area contributed by atoms with Gasteiger partial charge in [-0.25, -0.2) is 8.70 Å². The van der Waals surface area contributed by atoms with Gasteiger partial charge in [-0.2, -0.15) is 4.91 Å². The van der Waals surface area contributed by atoms with Crippen LogP contribution in [0.4, 0.5) is 10.1 Å². The zero-order chi connectivity index (χ0) is 19.3. The van der Waals surface area contributed by atoms with Crippen molar-refractivity contribution in [3.8, 4) is 0 Å². The Morgan fingerprint density at radius 2 is 1.75 bits per heavy atom. The molecule has 2 aliphatic rings. The molecule has 0 aromatic heterocycles. The van der Waals surface area contributed by atoms with Crippen molar-refractivity contribution in [3.63, 3.8) is 0 Å². The van der Waals surface area contributed by atoms with Gasteiger partial charge in [0.2, 0.25) is 0 Å². The maximum atomic E-state index is 13.1. The van der Waals surface area contributed by atoms with Crippen LogP contribution in [0.1, 0.15) is 18.0 Å². The third-order valence-electron chi connectivity index (χ3n) is 5.46. The summed E-state index contributed by atoms with van der Waals surface area (Å²) >= 11 is 1.74. The molecule has 2 aromatic carbocycles. The fourth-order valence-corrected chi connectivity index (χ4v) is 5.05. The van der Waals surface area contributed by atoms with Gasteiger partial charge in [-0.1, -0.05) is 23.4 Å². The Balaban J connectivity index is 1.22. The van der Waals surface area contributed by atoms with Crippen molar-refractivity contribution in [1.29, 1.82) is 0 Å². The highest BCUT2D eigenvalue weighted by molar-refractivity contribution is 7.97. The highest BCUT2D eigenvalue weighted by Crippen LogP contribution is 2.38. The zero-order valence-electron chi connectivity index (χ0n) is 15.8. The van der Waals surface area contributed by atoms with Crippen molar-refractivity contribution >= 4 is 17.6 Å². The number of halogens is 1. The molecule has 0 N–H and O–H groups in total. The van der Waals surface area contributed by atoms with Crippen molar-refractivity contribution in [3.05, 3.63) is 64.8 Å². The molecule has 148 valence electrons. The lowest BCUT2D eigenvalue weighted by molar-refractivity contribution is 0.246. The molecule has 0 aliphatic carbocycles. The second kappa shape index (κ2) is 9.03. The van der Waals surface area contributed by atoms with Crippen molar-refractivity contribution in [2.75, 3.05) is 50.7 Å². The first-order valence-electron chi connectivity index (χ1n) is 9.80. The lowest BCUT2D eigenvalue weighted by Crippen LogP contribution is -2.47. The molecule has 0 radical (unpaired) electrons. The number of piperazine rings is 1. The molecule has 0 bridgehead atoms. The first-order chi connectivity index (χ1) is 13.7. The van der Waals surface area contributed by atoms with Crippen molar-refractivity contribution < 1.29 is 4.39 Å². The predicted octanol–water partition coefficient (Wildman–Crippen LogP) is 4.17. The largest absolute Gasteiger partial charge is 0.369 e. The van der Waals surface area contributed by atoms with Crippen molar-refractivity contribution in [2.45, 2.75) is 17.4 Å². The number of hydrogen-bond acceptors (Lipinski definition) is 6. The minimum Gasteiger partial charge on any atom is -0.369 e. The summed E-state index contributed by atoms with van der Waals surface area (Å²) in [7, 11) is 0. The Bertz CT molecular complexity index is 795. The van der Waals surface area contributed by atoms with Gasteiger partial charge in [0.25, 0.3) is 0 Å². The highest BCUT2D eigenvalue weighted by atomic mass is 32.2. The van der Waals surface area contributed by atoms with E-state index in [9.17, 15) is 9.30 Å². The normalized spacial score (nSPS) is 20.8. The van der Waals surface area contributed by atoms with E-state index in [1.54, 1.807) is 11.9 Å². The summed E-state index contributed by atoms with van der Waals surface area (Å²) in [4.78, 5) is 17.2. The van der Waals surface area contributed by atoms with Crippen LogP contribution < -0.4 is 4.90 Å². The standard InChI is InChI=1S/C21H25FN4OS/c22-17-6-8-18(9-7-17)25-14-12-24(13-15-25)10-3-11-26-16-20(23-27)19-4-1-2-5-21(19)28-26/h1-2,4-9,20H,3,10-16H2. The van der Waals surface area contributed by atoms with Gasteiger partial charge < -0.3 is 4.90 Å². The predicted molar refractivity (Wildman–Crippen MR) is 112 cm³/mol. The van der Waals surface area contributed by atoms with E-state index >= 15 is 0 Å². The van der Waals surface area contributed by atoms with Crippen LogP contribution in [-0.4, -0.2) is 55.0 Å². The molecule has 0 amide bonds. The topological polar surface area (TPSA) is 39.2 Å². The van der Waals surface area contributed by atoms with E-state index in [0.29, 0.717) is 6.54 Å². The molecule has 1 saturated heterocycles. The SMILES string of the molecule is O=NC1CN(CCCN2CCN(c3ccc(F)cc3)CC2)Sc2ccccc21. The zero-order valence-corrected chi connectivity index (χ0v) is 16.7. The third-order valence-corrected chi connectivity index (χ3v) is 6.61. The van der Waals surface area contributed by atoms with Gasteiger partial charge in [0, 0.05) is 49.9 Å². The summed E-state index contributed by atoms with van der Waals surface area (Å²) < 4.78 is 15.3. The molecule has 0 saturated carbocycles. The third kappa shape index (κ3) is 4.54. The van der Waals surface area contributed by atoms with E-state index in [1.807, 2.05) is 30.3 Å². The quantitative estimate of drug-likeness (QED) is 0.538. The number of rotatable bonds is 6. The average molecular weight is 401 g/mol. The number of hydrogen-bond donors (Lipinski definition) is 0. The van der Waals surface area contributed by atoms with Crippen LogP contribution >= 0.6 is 11.9 Å². The number of fused-ring (bicyclic) bond motifs is 1. The fraction of sp³-hybridized carbons (Fsp3) is 0.429. The molecule has 5 nitrogen and oxygen atoms in total. The van der Waals surface area contributed by atoms with Gasteiger partial charge in [0.1, 0.15) is 11.9 Å². The maximum absolute atomic E-state index is 13.1. The first kappa shape index (κ1) is 19.4.